The van der Waals surface area contributed by atoms with E-state index in [4.69, 9.17) is 10.2 Å². The number of hydrogen-bond acceptors (Lipinski definition) is 4. The van der Waals surface area contributed by atoms with E-state index in [0.717, 1.165) is 11.5 Å². The lowest BCUT2D eigenvalue weighted by atomic mass is 10.1. The van der Waals surface area contributed by atoms with Gasteiger partial charge in [0.1, 0.15) is 5.76 Å². The van der Waals surface area contributed by atoms with Gasteiger partial charge in [-0.25, -0.2) is 0 Å². The second-order valence-corrected chi connectivity index (χ2v) is 5.25. The molecule has 5 heteroatoms. The van der Waals surface area contributed by atoms with Crippen LogP contribution in [0.15, 0.2) is 35.2 Å². The number of thioether (sulfide) groups is 1. The lowest BCUT2D eigenvalue weighted by molar-refractivity contribution is 0.530. The molecule has 0 aromatic carbocycles. The van der Waals surface area contributed by atoms with Crippen LogP contribution in [-0.2, 0) is 12.8 Å². The van der Waals surface area contributed by atoms with Gasteiger partial charge in [-0.1, -0.05) is 0 Å². The van der Waals surface area contributed by atoms with Gasteiger partial charge in [0.05, 0.1) is 18.2 Å². The molecule has 0 fully saturated rings. The van der Waals surface area contributed by atoms with Gasteiger partial charge in [-0.15, -0.1) is 11.8 Å². The average molecular weight is 251 g/mol. The number of furan rings is 1. The third-order valence-corrected chi connectivity index (χ3v) is 4.03. The van der Waals surface area contributed by atoms with E-state index in [1.807, 2.05) is 38.5 Å². The summed E-state index contributed by atoms with van der Waals surface area (Å²) in [4.78, 5) is 0. The van der Waals surface area contributed by atoms with Gasteiger partial charge < -0.3 is 10.2 Å². The Morgan fingerprint density at radius 3 is 2.94 bits per heavy atom. The molecule has 0 bridgehead atoms. The largest absolute Gasteiger partial charge is 0.468 e. The van der Waals surface area contributed by atoms with Crippen LogP contribution in [-0.4, -0.2) is 15.8 Å². The smallest absolute Gasteiger partial charge is 0.113 e. The van der Waals surface area contributed by atoms with E-state index < -0.39 is 0 Å². The average Bonchev–Trinajstić information content (AvgIpc) is 2.90. The van der Waals surface area contributed by atoms with Crippen molar-refractivity contribution >= 4 is 11.8 Å². The monoisotopic (exact) mass is 251 g/mol. The maximum atomic E-state index is 6.03. The Morgan fingerprint density at radius 1 is 1.59 bits per heavy atom. The summed E-state index contributed by atoms with van der Waals surface area (Å²) in [6.45, 7) is 2.02. The molecule has 0 aliphatic rings. The van der Waals surface area contributed by atoms with Crippen molar-refractivity contribution in [3.8, 4) is 0 Å². The van der Waals surface area contributed by atoms with Crippen LogP contribution in [0.3, 0.4) is 0 Å². The van der Waals surface area contributed by atoms with Crippen molar-refractivity contribution < 1.29 is 4.42 Å². The third-order valence-electron chi connectivity index (χ3n) is 2.52. The summed E-state index contributed by atoms with van der Waals surface area (Å²) in [6, 6.07) is 3.97. The van der Waals surface area contributed by atoms with Crippen molar-refractivity contribution in [3.63, 3.8) is 0 Å². The predicted molar refractivity (Wildman–Crippen MR) is 69.6 cm³/mol. The standard InChI is InChI=1S/C12H17N3OS/c1-9(13)12(10-6-14-15(2)7-10)17-8-11-4-3-5-16-11/h3-7,9,12H,8,13H2,1-2H3. The zero-order chi connectivity index (χ0) is 12.3. The molecule has 0 saturated carbocycles. The molecule has 2 rings (SSSR count). The molecule has 0 spiro atoms. The highest BCUT2D eigenvalue weighted by Crippen LogP contribution is 2.33. The number of aromatic nitrogens is 2. The molecule has 92 valence electrons. The number of rotatable bonds is 5. The number of nitrogens with two attached hydrogens (primary N) is 1. The van der Waals surface area contributed by atoms with Crippen LogP contribution in [0.25, 0.3) is 0 Å². The Hall–Kier alpha value is -1.20. The molecule has 0 aliphatic carbocycles. The highest BCUT2D eigenvalue weighted by atomic mass is 32.2. The van der Waals surface area contributed by atoms with Gasteiger partial charge >= 0.3 is 0 Å². The van der Waals surface area contributed by atoms with E-state index in [1.165, 1.54) is 5.56 Å². The zero-order valence-electron chi connectivity index (χ0n) is 10.0. The molecular weight excluding hydrogens is 234 g/mol. The zero-order valence-corrected chi connectivity index (χ0v) is 10.9. The van der Waals surface area contributed by atoms with Gasteiger partial charge in [0.2, 0.25) is 0 Å². The van der Waals surface area contributed by atoms with Gasteiger partial charge in [-0.3, -0.25) is 4.68 Å². The van der Waals surface area contributed by atoms with E-state index in [2.05, 4.69) is 5.10 Å². The molecule has 2 atom stereocenters. The van der Waals surface area contributed by atoms with E-state index >= 15 is 0 Å². The first kappa shape index (κ1) is 12.3. The van der Waals surface area contributed by atoms with Crippen LogP contribution in [0.4, 0.5) is 0 Å². The van der Waals surface area contributed by atoms with Crippen molar-refractivity contribution in [2.24, 2.45) is 12.8 Å². The van der Waals surface area contributed by atoms with Gasteiger partial charge in [0.25, 0.3) is 0 Å². The fraction of sp³-hybridized carbons (Fsp3) is 0.417. The Labute approximate surface area is 105 Å². The minimum atomic E-state index is 0.0826. The molecule has 0 radical (unpaired) electrons. The molecule has 0 aliphatic heterocycles. The molecule has 17 heavy (non-hydrogen) atoms. The normalized spacial score (nSPS) is 14.8. The lowest BCUT2D eigenvalue weighted by Gasteiger charge is -2.18. The molecule has 2 aromatic rings. The quantitative estimate of drug-likeness (QED) is 0.886. The molecule has 2 heterocycles. The predicted octanol–water partition coefficient (Wildman–Crippen LogP) is 2.33. The van der Waals surface area contributed by atoms with Gasteiger partial charge in [-0.05, 0) is 19.1 Å². The number of nitrogens with zero attached hydrogens (tertiary/aromatic N) is 2. The van der Waals surface area contributed by atoms with E-state index in [0.29, 0.717) is 0 Å². The summed E-state index contributed by atoms with van der Waals surface area (Å²) in [5.74, 6) is 1.80. The highest BCUT2D eigenvalue weighted by molar-refractivity contribution is 7.98. The van der Waals surface area contributed by atoms with Crippen LogP contribution in [0.5, 0.6) is 0 Å². The molecular formula is C12H17N3OS. The molecule has 4 nitrogen and oxygen atoms in total. The molecule has 0 amide bonds. The van der Waals surface area contributed by atoms with Crippen LogP contribution in [0.1, 0.15) is 23.5 Å². The summed E-state index contributed by atoms with van der Waals surface area (Å²) >= 11 is 1.78. The summed E-state index contributed by atoms with van der Waals surface area (Å²) in [5.41, 5.74) is 7.19. The fourth-order valence-electron chi connectivity index (χ4n) is 1.71. The minimum absolute atomic E-state index is 0.0826. The van der Waals surface area contributed by atoms with Crippen LogP contribution in [0, 0.1) is 0 Å². The second-order valence-electron chi connectivity index (χ2n) is 4.12. The Balaban J connectivity index is 2.03. The maximum absolute atomic E-state index is 6.03. The first-order chi connectivity index (χ1) is 8.16. The summed E-state index contributed by atoms with van der Waals surface area (Å²) in [5, 5.41) is 4.43. The van der Waals surface area contributed by atoms with E-state index in [9.17, 15) is 0 Å². The highest BCUT2D eigenvalue weighted by Gasteiger charge is 2.18. The Bertz CT molecular complexity index is 450. The first-order valence-electron chi connectivity index (χ1n) is 5.55. The summed E-state index contributed by atoms with van der Waals surface area (Å²) in [7, 11) is 1.92. The van der Waals surface area contributed by atoms with Crippen molar-refractivity contribution in [1.29, 1.82) is 0 Å². The SMILES string of the molecule is CC(N)C(SCc1ccco1)c1cnn(C)c1. The summed E-state index contributed by atoms with van der Waals surface area (Å²) < 4.78 is 7.13. The first-order valence-corrected chi connectivity index (χ1v) is 6.60. The van der Waals surface area contributed by atoms with Gasteiger partial charge in [0.15, 0.2) is 0 Å². The molecule has 0 saturated heterocycles. The van der Waals surface area contributed by atoms with Crippen molar-refractivity contribution in [2.75, 3.05) is 0 Å². The van der Waals surface area contributed by atoms with Crippen molar-refractivity contribution in [1.82, 2.24) is 9.78 Å². The fourth-order valence-corrected chi connectivity index (χ4v) is 2.83. The topological polar surface area (TPSA) is 57.0 Å². The van der Waals surface area contributed by atoms with Crippen molar-refractivity contribution in [2.45, 2.75) is 24.0 Å². The van der Waals surface area contributed by atoms with E-state index in [1.54, 1.807) is 22.7 Å². The molecule has 2 N–H and O–H groups in total. The van der Waals surface area contributed by atoms with E-state index in [-0.39, 0.29) is 11.3 Å². The third kappa shape index (κ3) is 3.14. The van der Waals surface area contributed by atoms with Gasteiger partial charge in [-0.2, -0.15) is 5.10 Å². The Kier molecular flexibility index (Phi) is 3.91. The van der Waals surface area contributed by atoms with Crippen LogP contribution in [0.2, 0.25) is 0 Å². The van der Waals surface area contributed by atoms with Gasteiger partial charge in [0, 0.05) is 30.1 Å². The Morgan fingerprint density at radius 2 is 2.41 bits per heavy atom. The van der Waals surface area contributed by atoms with Crippen molar-refractivity contribution in [3.05, 3.63) is 42.1 Å². The molecule has 2 aromatic heterocycles. The maximum Gasteiger partial charge on any atom is 0.113 e. The second kappa shape index (κ2) is 5.42. The molecule has 2 unspecified atom stereocenters. The van der Waals surface area contributed by atoms with Crippen LogP contribution < -0.4 is 5.73 Å². The number of hydrogen-bond donors (Lipinski definition) is 1. The minimum Gasteiger partial charge on any atom is -0.468 e. The number of aryl methyl sites for hydroxylation is 1. The van der Waals surface area contributed by atoms with Crippen LogP contribution >= 0.6 is 11.8 Å². The summed E-state index contributed by atoms with van der Waals surface area (Å²) in [6.07, 6.45) is 5.59. The lowest BCUT2D eigenvalue weighted by Crippen LogP contribution is -2.22.